The van der Waals surface area contributed by atoms with E-state index in [0.29, 0.717) is 15.6 Å². The minimum Gasteiger partial charge on any atom is -0.229 e. The molecule has 0 aromatic carbocycles. The highest BCUT2D eigenvalue weighted by atomic mass is 35.5. The smallest absolute Gasteiger partial charge is 0.184 e. The van der Waals surface area contributed by atoms with Crippen molar-refractivity contribution < 1.29 is 0 Å². The van der Waals surface area contributed by atoms with Gasteiger partial charge >= 0.3 is 0 Å². The van der Waals surface area contributed by atoms with Crippen molar-refractivity contribution in [2.24, 2.45) is 0 Å². The van der Waals surface area contributed by atoms with Gasteiger partial charge in [0, 0.05) is 16.2 Å². The van der Waals surface area contributed by atoms with E-state index in [9.17, 15) is 0 Å². The van der Waals surface area contributed by atoms with Gasteiger partial charge in [0.05, 0.1) is 10.6 Å². The Morgan fingerprint density at radius 2 is 2.17 bits per heavy atom. The highest BCUT2D eigenvalue weighted by Crippen LogP contribution is 2.55. The summed E-state index contributed by atoms with van der Waals surface area (Å²) in [5, 5.41) is 1.44. The Hall–Kier alpha value is -0.220. The first kappa shape index (κ1) is 11.6. The van der Waals surface area contributed by atoms with E-state index >= 15 is 0 Å². The maximum absolute atomic E-state index is 6.20. The number of hydrogen-bond donors (Lipinski definition) is 0. The van der Waals surface area contributed by atoms with Crippen molar-refractivity contribution in [3.63, 3.8) is 0 Å². The Bertz CT molecular complexity index is 627. The zero-order valence-electron chi connectivity index (χ0n) is 9.32. The van der Waals surface area contributed by atoms with Crippen LogP contribution in [0.4, 0.5) is 0 Å². The van der Waals surface area contributed by atoms with Crippen molar-refractivity contribution in [2.75, 3.05) is 0 Å². The summed E-state index contributed by atoms with van der Waals surface area (Å²) in [5.74, 6) is 0.350. The molecular formula is C13H9Cl2NS2. The number of aromatic nitrogens is 1. The molecule has 92 valence electrons. The summed E-state index contributed by atoms with van der Waals surface area (Å²) >= 11 is 15.8. The van der Waals surface area contributed by atoms with Gasteiger partial charge in [-0.3, -0.25) is 0 Å². The third-order valence-electron chi connectivity index (χ3n) is 3.55. The number of allylic oxidation sites excluding steroid dienone is 4. The predicted molar refractivity (Wildman–Crippen MR) is 80.5 cm³/mol. The van der Waals surface area contributed by atoms with E-state index < -0.39 is 0 Å². The fraction of sp³-hybridized carbons (Fsp3) is 0.308. The van der Waals surface area contributed by atoms with Gasteiger partial charge in [-0.2, -0.15) is 0 Å². The summed E-state index contributed by atoms with van der Waals surface area (Å²) < 4.78 is 0.634. The standard InChI is InChI=1S/C13H9Cl2NS2/c14-6-1-2-8-7(5-6)11-9(17-8)3-4-10-12(11)16-13(15)18-10/h3-5,9,11H,1-2H2. The van der Waals surface area contributed by atoms with E-state index in [1.807, 2.05) is 11.8 Å². The molecule has 0 fully saturated rings. The normalized spacial score (nSPS) is 28.9. The van der Waals surface area contributed by atoms with Crippen molar-refractivity contribution in [3.05, 3.63) is 42.7 Å². The van der Waals surface area contributed by atoms with Crippen LogP contribution in [0.25, 0.3) is 6.08 Å². The number of thiazole rings is 1. The van der Waals surface area contributed by atoms with Crippen LogP contribution < -0.4 is 0 Å². The van der Waals surface area contributed by atoms with Crippen LogP contribution in [0.2, 0.25) is 4.47 Å². The second-order valence-electron chi connectivity index (χ2n) is 4.61. The van der Waals surface area contributed by atoms with Crippen LogP contribution in [0.1, 0.15) is 29.3 Å². The third kappa shape index (κ3) is 1.64. The molecule has 2 aliphatic carbocycles. The topological polar surface area (TPSA) is 12.9 Å². The number of fused-ring (bicyclic) bond motifs is 4. The Morgan fingerprint density at radius 3 is 3.06 bits per heavy atom. The van der Waals surface area contributed by atoms with Gasteiger partial charge in [0.25, 0.3) is 0 Å². The minimum absolute atomic E-state index is 0.350. The molecule has 0 N–H and O–H groups in total. The molecular weight excluding hydrogens is 305 g/mol. The van der Waals surface area contributed by atoms with Gasteiger partial charge < -0.3 is 0 Å². The molecule has 1 aliphatic heterocycles. The zero-order valence-corrected chi connectivity index (χ0v) is 12.5. The fourth-order valence-corrected chi connectivity index (χ4v) is 5.53. The lowest BCUT2D eigenvalue weighted by molar-refractivity contribution is 0.807. The molecule has 2 atom stereocenters. The first-order valence-electron chi connectivity index (χ1n) is 5.82. The molecule has 1 aromatic heterocycles. The molecule has 0 saturated carbocycles. The van der Waals surface area contributed by atoms with E-state index in [0.717, 1.165) is 23.6 Å². The van der Waals surface area contributed by atoms with Gasteiger partial charge in [-0.05, 0) is 35.5 Å². The summed E-state index contributed by atoms with van der Waals surface area (Å²) in [6.07, 6.45) is 8.64. The number of nitrogens with zero attached hydrogens (tertiary/aromatic N) is 1. The quantitative estimate of drug-likeness (QED) is 0.653. The number of halogens is 2. The first-order valence-corrected chi connectivity index (χ1v) is 8.28. The molecule has 4 rings (SSSR count). The molecule has 1 aromatic rings. The summed E-state index contributed by atoms with van der Waals surface area (Å²) in [6, 6.07) is 0. The van der Waals surface area contributed by atoms with Gasteiger partial charge in [0.15, 0.2) is 4.47 Å². The molecule has 0 spiro atoms. The van der Waals surface area contributed by atoms with Crippen LogP contribution in [0, 0.1) is 0 Å². The summed E-state index contributed by atoms with van der Waals surface area (Å²) in [4.78, 5) is 7.20. The lowest BCUT2D eigenvalue weighted by Crippen LogP contribution is -2.14. The Morgan fingerprint density at radius 1 is 1.28 bits per heavy atom. The van der Waals surface area contributed by atoms with E-state index in [1.165, 1.54) is 15.4 Å². The predicted octanol–water partition coefficient (Wildman–Crippen LogP) is 5.19. The van der Waals surface area contributed by atoms with E-state index in [4.69, 9.17) is 23.2 Å². The molecule has 0 radical (unpaired) electrons. The van der Waals surface area contributed by atoms with Crippen molar-refractivity contribution in [1.82, 2.24) is 4.98 Å². The minimum atomic E-state index is 0.350. The lowest BCUT2D eigenvalue weighted by atomic mass is 9.86. The lowest BCUT2D eigenvalue weighted by Gasteiger charge is -2.21. The number of rotatable bonds is 0. The van der Waals surface area contributed by atoms with Gasteiger partial charge in [-0.25, -0.2) is 4.98 Å². The van der Waals surface area contributed by atoms with Gasteiger partial charge in [-0.1, -0.05) is 29.3 Å². The van der Waals surface area contributed by atoms with Gasteiger partial charge in [0.1, 0.15) is 0 Å². The van der Waals surface area contributed by atoms with Crippen molar-refractivity contribution in [3.8, 4) is 0 Å². The summed E-state index contributed by atoms with van der Waals surface area (Å²) in [6.45, 7) is 0. The molecule has 3 aliphatic rings. The SMILES string of the molecule is ClC1=CC2=C(CC1)SC1C=Cc3sc(Cl)nc3C21. The van der Waals surface area contributed by atoms with Crippen LogP contribution in [0.5, 0.6) is 0 Å². The Labute approximate surface area is 124 Å². The maximum Gasteiger partial charge on any atom is 0.184 e. The third-order valence-corrected chi connectivity index (χ3v) is 6.42. The molecule has 0 bridgehead atoms. The van der Waals surface area contributed by atoms with E-state index in [1.54, 1.807) is 11.3 Å². The average molecular weight is 314 g/mol. The second kappa shape index (κ2) is 4.14. The zero-order chi connectivity index (χ0) is 12.3. The fourth-order valence-electron chi connectivity index (χ4n) is 2.79. The monoisotopic (exact) mass is 313 g/mol. The molecule has 1 nitrogen and oxygen atoms in total. The Kier molecular flexibility index (Phi) is 2.66. The van der Waals surface area contributed by atoms with Crippen molar-refractivity contribution in [1.29, 1.82) is 0 Å². The van der Waals surface area contributed by atoms with Crippen LogP contribution >= 0.6 is 46.3 Å². The summed E-state index contributed by atoms with van der Waals surface area (Å²) in [7, 11) is 0. The van der Waals surface area contributed by atoms with E-state index in [-0.39, 0.29) is 0 Å². The van der Waals surface area contributed by atoms with Crippen LogP contribution in [0.15, 0.2) is 27.7 Å². The van der Waals surface area contributed by atoms with Gasteiger partial charge in [0.2, 0.25) is 0 Å². The van der Waals surface area contributed by atoms with Gasteiger partial charge in [-0.15, -0.1) is 23.1 Å². The molecule has 0 amide bonds. The number of hydrogen-bond acceptors (Lipinski definition) is 3. The maximum atomic E-state index is 6.20. The van der Waals surface area contributed by atoms with Crippen LogP contribution in [-0.4, -0.2) is 10.2 Å². The molecule has 5 heteroatoms. The molecule has 18 heavy (non-hydrogen) atoms. The molecule has 0 saturated heterocycles. The molecule has 2 heterocycles. The van der Waals surface area contributed by atoms with E-state index in [2.05, 4.69) is 23.2 Å². The average Bonchev–Trinajstić information content (AvgIpc) is 2.87. The van der Waals surface area contributed by atoms with Crippen LogP contribution in [0.3, 0.4) is 0 Å². The highest BCUT2D eigenvalue weighted by Gasteiger charge is 2.40. The summed E-state index contributed by atoms with van der Waals surface area (Å²) in [5.41, 5.74) is 2.51. The first-order chi connectivity index (χ1) is 8.72. The van der Waals surface area contributed by atoms with Crippen LogP contribution in [-0.2, 0) is 0 Å². The van der Waals surface area contributed by atoms with Crippen molar-refractivity contribution >= 4 is 52.4 Å². The highest BCUT2D eigenvalue weighted by molar-refractivity contribution is 8.04. The largest absolute Gasteiger partial charge is 0.229 e. The number of thioether (sulfide) groups is 1. The Balaban J connectivity index is 1.87. The second-order valence-corrected chi connectivity index (χ2v) is 7.98. The van der Waals surface area contributed by atoms with Crippen molar-refractivity contribution in [2.45, 2.75) is 24.0 Å². The molecule has 2 unspecified atom stereocenters.